The molecular formula is C8H3Cl2IO5. The van der Waals surface area contributed by atoms with Crippen LogP contribution in [-0.4, -0.2) is 22.2 Å². The third-order valence-corrected chi connectivity index (χ3v) is 4.24. The fourth-order valence-corrected chi connectivity index (χ4v) is 2.92. The Morgan fingerprint density at radius 2 is 1.75 bits per heavy atom. The molecule has 2 N–H and O–H groups in total. The van der Waals surface area contributed by atoms with E-state index in [-0.39, 0.29) is 19.2 Å². The Bertz CT molecular complexity index is 500. The van der Waals surface area contributed by atoms with Crippen molar-refractivity contribution >= 4 is 56.3 Å². The Morgan fingerprint density at radius 3 is 2.12 bits per heavy atom. The maximum atomic E-state index is 10.9. The molecule has 0 fully saturated rings. The highest BCUT2D eigenvalue weighted by atomic mass is 127. The first kappa shape index (κ1) is 13.3. The summed E-state index contributed by atoms with van der Waals surface area (Å²) in [6.45, 7) is 0. The minimum absolute atomic E-state index is 0.172. The molecule has 0 aromatic heterocycles. The van der Waals surface area contributed by atoms with Gasteiger partial charge < -0.3 is 10.2 Å². The highest BCUT2D eigenvalue weighted by Gasteiger charge is 2.23. The van der Waals surface area contributed by atoms with E-state index in [1.165, 1.54) is 0 Å². The van der Waals surface area contributed by atoms with Crippen LogP contribution in [0, 0.1) is 3.57 Å². The number of carboxylic acids is 2. The summed E-state index contributed by atoms with van der Waals surface area (Å²) in [6, 6.07) is 0.937. The maximum Gasteiger partial charge on any atom is 0.338 e. The highest BCUT2D eigenvalue weighted by molar-refractivity contribution is 14.1. The summed E-state index contributed by atoms with van der Waals surface area (Å²) >= 11 is 9.33. The predicted octanol–water partition coefficient (Wildman–Crippen LogP) is 2.88. The molecule has 5 nitrogen and oxygen atoms in total. The van der Waals surface area contributed by atoms with Crippen LogP contribution in [0.5, 0.6) is 0 Å². The van der Waals surface area contributed by atoms with E-state index in [1.54, 1.807) is 0 Å². The van der Waals surface area contributed by atoms with Crippen LogP contribution in [0.1, 0.15) is 20.7 Å². The largest absolute Gasteiger partial charge is 0.478 e. The zero-order valence-electron chi connectivity index (χ0n) is 7.33. The first-order valence-corrected chi connectivity index (χ1v) is 6.37. The van der Waals surface area contributed by atoms with Crippen LogP contribution >= 0.6 is 44.4 Å². The first-order valence-electron chi connectivity index (χ1n) is 3.65. The second-order valence-corrected chi connectivity index (χ2v) is 4.90. The van der Waals surface area contributed by atoms with Crippen LogP contribution in [0.15, 0.2) is 6.07 Å². The van der Waals surface area contributed by atoms with Crippen LogP contribution < -0.4 is 0 Å². The molecule has 0 saturated heterocycles. The Morgan fingerprint density at radius 1 is 1.19 bits per heavy atom. The van der Waals surface area contributed by atoms with Gasteiger partial charge in [0, 0.05) is 0 Å². The average molecular weight is 377 g/mol. The fraction of sp³-hybridized carbons (Fsp3) is 0. The monoisotopic (exact) mass is 376 g/mol. The van der Waals surface area contributed by atoms with Crippen LogP contribution in [0.3, 0.4) is 0 Å². The van der Waals surface area contributed by atoms with Gasteiger partial charge in [-0.3, -0.25) is 3.07 Å². The summed E-state index contributed by atoms with van der Waals surface area (Å²) in [6.07, 6.45) is 0. The summed E-state index contributed by atoms with van der Waals surface area (Å²) in [5.74, 6) is -2.75. The van der Waals surface area contributed by atoms with Gasteiger partial charge in [-0.25, -0.2) is 9.59 Å². The SMILES string of the molecule is O=Ic1c(C(=O)O)cc(Cl)c(C(=O)O)c1Cl. The molecule has 0 amide bonds. The van der Waals surface area contributed by atoms with Crippen molar-refractivity contribution in [3.05, 3.63) is 30.8 Å². The summed E-state index contributed by atoms with van der Waals surface area (Å²) in [5.41, 5.74) is -0.762. The normalized spacial score (nSPS) is 10.1. The maximum absolute atomic E-state index is 10.9. The van der Waals surface area contributed by atoms with Gasteiger partial charge in [0.2, 0.25) is 0 Å². The van der Waals surface area contributed by atoms with Crippen LogP contribution in [0.25, 0.3) is 0 Å². The number of rotatable bonds is 3. The molecule has 1 aromatic rings. The predicted molar refractivity (Wildman–Crippen MR) is 63.8 cm³/mol. The van der Waals surface area contributed by atoms with Crippen molar-refractivity contribution in [2.24, 2.45) is 0 Å². The highest BCUT2D eigenvalue weighted by Crippen LogP contribution is 2.34. The van der Waals surface area contributed by atoms with Crippen molar-refractivity contribution < 1.29 is 22.9 Å². The Balaban J connectivity index is 3.69. The molecule has 0 unspecified atom stereocenters. The van der Waals surface area contributed by atoms with E-state index >= 15 is 0 Å². The lowest BCUT2D eigenvalue weighted by Crippen LogP contribution is -2.06. The van der Waals surface area contributed by atoms with Crippen molar-refractivity contribution in [3.8, 4) is 0 Å². The Hall–Kier alpha value is -0.730. The van der Waals surface area contributed by atoms with Crippen LogP contribution in [0.4, 0.5) is 0 Å². The van der Waals surface area contributed by atoms with E-state index in [0.717, 1.165) is 6.07 Å². The van der Waals surface area contributed by atoms with Crippen LogP contribution in [0.2, 0.25) is 10.0 Å². The third-order valence-electron chi connectivity index (χ3n) is 1.68. The number of hydrogen-bond acceptors (Lipinski definition) is 3. The topological polar surface area (TPSA) is 91.7 Å². The van der Waals surface area contributed by atoms with Gasteiger partial charge in [-0.1, -0.05) is 23.2 Å². The molecule has 1 aromatic carbocycles. The molecule has 1 rings (SSSR count). The second kappa shape index (κ2) is 5.07. The summed E-state index contributed by atoms with van der Waals surface area (Å²) < 4.78 is 10.7. The van der Waals surface area contributed by atoms with Gasteiger partial charge in [0.15, 0.2) is 21.2 Å². The minimum atomic E-state index is -1.91. The molecule has 0 saturated carbocycles. The molecule has 0 aliphatic carbocycles. The van der Waals surface area contributed by atoms with Crippen LogP contribution in [-0.2, 0) is 3.07 Å². The molecule has 0 atom stereocenters. The van der Waals surface area contributed by atoms with Gasteiger partial charge in [-0.2, -0.15) is 0 Å². The molecule has 0 aliphatic heterocycles. The van der Waals surface area contributed by atoms with Crippen molar-refractivity contribution in [3.63, 3.8) is 0 Å². The van der Waals surface area contributed by atoms with Crippen molar-refractivity contribution in [2.45, 2.75) is 0 Å². The zero-order chi connectivity index (χ0) is 12.5. The Labute approximate surface area is 110 Å². The molecule has 0 heterocycles. The van der Waals surface area contributed by atoms with Gasteiger partial charge in [0.25, 0.3) is 0 Å². The third kappa shape index (κ3) is 2.33. The second-order valence-electron chi connectivity index (χ2n) is 2.60. The number of carbonyl (C=O) groups is 2. The molecule has 86 valence electrons. The standard InChI is InChI=1S/C8H3Cl2IO5/c9-3-1-2(7(12)13)6(11-16)5(10)4(3)8(14)15/h1H,(H,12,13)(H,14,15). The van der Waals surface area contributed by atoms with Gasteiger partial charge in [-0.05, 0) is 6.07 Å². The number of halogens is 3. The molecular weight excluding hydrogens is 374 g/mol. The minimum Gasteiger partial charge on any atom is -0.478 e. The smallest absolute Gasteiger partial charge is 0.338 e. The van der Waals surface area contributed by atoms with E-state index in [9.17, 15) is 12.7 Å². The number of hydrogen-bond donors (Lipinski definition) is 2. The van der Waals surface area contributed by atoms with E-state index in [0.29, 0.717) is 0 Å². The average Bonchev–Trinajstić information content (AvgIpc) is 2.16. The molecule has 0 radical (unpaired) electrons. The summed E-state index contributed by atoms with van der Waals surface area (Å²) in [4.78, 5) is 21.6. The summed E-state index contributed by atoms with van der Waals surface area (Å²) in [7, 11) is 0. The van der Waals surface area contributed by atoms with Crippen molar-refractivity contribution in [1.29, 1.82) is 0 Å². The lowest BCUT2D eigenvalue weighted by Gasteiger charge is -2.06. The van der Waals surface area contributed by atoms with Crippen molar-refractivity contribution in [1.82, 2.24) is 0 Å². The van der Waals surface area contributed by atoms with Gasteiger partial charge in [-0.15, -0.1) is 0 Å². The Kier molecular flexibility index (Phi) is 4.22. The summed E-state index contributed by atoms with van der Waals surface area (Å²) in [5, 5.41) is 16.9. The lowest BCUT2D eigenvalue weighted by molar-refractivity contribution is 0.0680. The van der Waals surface area contributed by atoms with Crippen molar-refractivity contribution in [2.75, 3.05) is 0 Å². The van der Waals surface area contributed by atoms with E-state index in [2.05, 4.69) is 0 Å². The molecule has 8 heteroatoms. The quantitative estimate of drug-likeness (QED) is 0.625. The van der Waals surface area contributed by atoms with E-state index in [1.807, 2.05) is 0 Å². The molecule has 0 bridgehead atoms. The molecule has 16 heavy (non-hydrogen) atoms. The molecule has 0 spiro atoms. The zero-order valence-corrected chi connectivity index (χ0v) is 11.0. The lowest BCUT2D eigenvalue weighted by atomic mass is 10.1. The van der Waals surface area contributed by atoms with E-state index in [4.69, 9.17) is 33.4 Å². The van der Waals surface area contributed by atoms with Gasteiger partial charge in [0.05, 0.1) is 24.7 Å². The number of carboxylic acid groups (broad SMARTS) is 2. The molecule has 0 aliphatic rings. The van der Waals surface area contributed by atoms with Gasteiger partial charge >= 0.3 is 11.9 Å². The fourth-order valence-electron chi connectivity index (χ4n) is 1.02. The van der Waals surface area contributed by atoms with E-state index < -0.39 is 38.7 Å². The first-order chi connectivity index (χ1) is 7.40. The number of benzene rings is 1. The number of aromatic carboxylic acids is 2. The van der Waals surface area contributed by atoms with Gasteiger partial charge in [0.1, 0.15) is 0 Å².